The number of aromatic amines is 1. The third-order valence-electron chi connectivity index (χ3n) is 1.18. The Hall–Kier alpha value is -0.988. The van der Waals surface area contributed by atoms with E-state index in [4.69, 9.17) is 0 Å². The number of H-pyrrole nitrogens is 1. The van der Waals surface area contributed by atoms with E-state index < -0.39 is 5.69 Å². The molecule has 0 saturated heterocycles. The first kappa shape index (κ1) is 11.0. The van der Waals surface area contributed by atoms with Crippen LogP contribution in [0, 0.1) is 6.92 Å². The molecule has 1 rings (SSSR count). The first-order valence-corrected chi connectivity index (χ1v) is 2.93. The van der Waals surface area contributed by atoms with E-state index in [1.54, 1.807) is 6.92 Å². The number of hydrogen-bond donors (Lipinski definition) is 2. The van der Waals surface area contributed by atoms with Crippen LogP contribution in [-0.2, 0) is 25.2 Å². The first-order chi connectivity index (χ1) is 5.24. The van der Waals surface area contributed by atoms with Gasteiger partial charge in [-0.2, -0.15) is 0 Å². The van der Waals surface area contributed by atoms with Crippen molar-refractivity contribution in [1.82, 2.24) is 9.97 Å². The maximum absolute atomic E-state index is 10.6. The van der Waals surface area contributed by atoms with E-state index in [2.05, 4.69) is 15.3 Å². The minimum Gasteiger partial charge on any atom is -0.477 e. The standard InChI is InChI=1S/C6H6N3O2.Re/c1-4-2-7-6(11)9-5(4)8-3-10;/h2H,1H3,(H2,7,8,9,10,11);/q-1;. The van der Waals surface area contributed by atoms with Gasteiger partial charge in [0.2, 0.25) is 0 Å². The summed E-state index contributed by atoms with van der Waals surface area (Å²) in [5, 5.41) is 2.22. The maximum atomic E-state index is 10.6. The number of carbonyl (C=O) groups excluding carboxylic acids is 1. The zero-order valence-corrected chi connectivity index (χ0v) is 8.93. The van der Waals surface area contributed by atoms with Gasteiger partial charge in [-0.1, -0.05) is 12.5 Å². The average Bonchev–Trinajstić information content (AvgIpc) is 1.98. The molecule has 1 aromatic rings. The van der Waals surface area contributed by atoms with Gasteiger partial charge in [-0.05, 0) is 5.82 Å². The number of aryl methyl sites for hydroxylation is 1. The van der Waals surface area contributed by atoms with Crippen molar-refractivity contribution < 1.29 is 25.2 Å². The number of anilines is 1. The topological polar surface area (TPSA) is 74.8 Å². The van der Waals surface area contributed by atoms with Crippen LogP contribution >= 0.6 is 0 Å². The van der Waals surface area contributed by atoms with Crippen molar-refractivity contribution >= 4 is 12.2 Å². The fraction of sp³-hybridized carbons (Fsp3) is 0.167. The van der Waals surface area contributed by atoms with Gasteiger partial charge in [0.25, 0.3) is 0 Å². The minimum absolute atomic E-state index is 0. The van der Waals surface area contributed by atoms with Crippen molar-refractivity contribution in [2.45, 2.75) is 6.92 Å². The van der Waals surface area contributed by atoms with Gasteiger partial charge >= 0.3 is 5.69 Å². The third-order valence-corrected chi connectivity index (χ3v) is 1.18. The van der Waals surface area contributed by atoms with Crippen molar-refractivity contribution in [2.75, 3.05) is 5.32 Å². The van der Waals surface area contributed by atoms with Crippen LogP contribution < -0.4 is 11.0 Å². The Morgan fingerprint density at radius 1 is 1.67 bits per heavy atom. The molecule has 1 heterocycles. The van der Waals surface area contributed by atoms with Gasteiger partial charge in [0.05, 0.1) is 6.41 Å². The van der Waals surface area contributed by atoms with Gasteiger partial charge in [-0.15, -0.1) is 0 Å². The molecule has 6 heteroatoms. The number of nitrogens with one attached hydrogen (secondary N) is 2. The van der Waals surface area contributed by atoms with Crippen LogP contribution in [0.5, 0.6) is 0 Å². The summed E-state index contributed by atoms with van der Waals surface area (Å²) in [4.78, 5) is 26.2. The van der Waals surface area contributed by atoms with Crippen LogP contribution in [0.3, 0.4) is 0 Å². The van der Waals surface area contributed by atoms with Gasteiger partial charge in [0.1, 0.15) is 0 Å². The molecule has 0 fully saturated rings. The van der Waals surface area contributed by atoms with E-state index in [0.29, 0.717) is 11.4 Å². The van der Waals surface area contributed by atoms with E-state index in [9.17, 15) is 9.59 Å². The zero-order valence-electron chi connectivity index (χ0n) is 6.22. The molecule has 0 aromatic carbocycles. The SMILES string of the molecule is Cc1cnc(=O)[nH]c1N[C-]=O.[Re]. The molecule has 1 radical (unpaired) electrons. The summed E-state index contributed by atoms with van der Waals surface area (Å²) in [5.41, 5.74) is 0.196. The first-order valence-electron chi connectivity index (χ1n) is 2.93. The molecule has 0 aliphatic rings. The fourth-order valence-electron chi connectivity index (χ4n) is 0.639. The number of hydrogen-bond acceptors (Lipinski definition) is 3. The molecular weight excluding hydrogens is 332 g/mol. The van der Waals surface area contributed by atoms with Gasteiger partial charge < -0.3 is 15.1 Å². The van der Waals surface area contributed by atoms with Crippen LogP contribution in [-0.4, -0.2) is 16.4 Å². The van der Waals surface area contributed by atoms with Crippen LogP contribution in [0.1, 0.15) is 5.56 Å². The summed E-state index contributed by atoms with van der Waals surface area (Å²) in [5.74, 6) is 0.333. The summed E-state index contributed by atoms with van der Waals surface area (Å²) in [6.45, 7) is 1.71. The molecule has 65 valence electrons. The molecule has 5 nitrogen and oxygen atoms in total. The van der Waals surface area contributed by atoms with Crippen molar-refractivity contribution in [2.24, 2.45) is 0 Å². The summed E-state index contributed by atoms with van der Waals surface area (Å²) in [6.07, 6.45) is 2.83. The molecule has 2 N–H and O–H groups in total. The van der Waals surface area contributed by atoms with E-state index in [-0.39, 0.29) is 20.4 Å². The molecule has 0 saturated carbocycles. The Kier molecular flexibility index (Phi) is 4.41. The van der Waals surface area contributed by atoms with Crippen molar-refractivity contribution in [3.8, 4) is 0 Å². The molecular formula is C6H6N3O2Re-. The predicted octanol–water partition coefficient (Wildman–Crippen LogP) is -0.445. The molecule has 0 aliphatic carbocycles. The Balaban J connectivity index is 0.00000121. The molecule has 0 spiro atoms. The number of rotatable bonds is 2. The molecule has 0 unspecified atom stereocenters. The Morgan fingerprint density at radius 3 is 2.92 bits per heavy atom. The van der Waals surface area contributed by atoms with Crippen LogP contribution in [0.2, 0.25) is 0 Å². The summed E-state index contributed by atoms with van der Waals surface area (Å²) in [7, 11) is 0. The molecule has 1 amide bonds. The van der Waals surface area contributed by atoms with Crippen LogP contribution in [0.25, 0.3) is 0 Å². The van der Waals surface area contributed by atoms with Crippen LogP contribution in [0.15, 0.2) is 11.0 Å². The molecule has 0 aliphatic heterocycles. The van der Waals surface area contributed by atoms with Gasteiger partial charge in [0.15, 0.2) is 0 Å². The molecule has 0 atom stereocenters. The monoisotopic (exact) mass is 339 g/mol. The third kappa shape index (κ3) is 2.57. The Morgan fingerprint density at radius 2 is 2.33 bits per heavy atom. The van der Waals surface area contributed by atoms with E-state index in [1.807, 2.05) is 0 Å². The summed E-state index contributed by atoms with van der Waals surface area (Å²) < 4.78 is 0. The van der Waals surface area contributed by atoms with Gasteiger partial charge in [0, 0.05) is 26.6 Å². The fourth-order valence-corrected chi connectivity index (χ4v) is 0.639. The molecule has 1 aromatic heterocycles. The molecule has 0 bridgehead atoms. The quantitative estimate of drug-likeness (QED) is 0.567. The van der Waals surface area contributed by atoms with E-state index in [1.165, 1.54) is 12.6 Å². The second-order valence-electron chi connectivity index (χ2n) is 1.97. The van der Waals surface area contributed by atoms with Crippen LogP contribution in [0.4, 0.5) is 5.82 Å². The number of aromatic nitrogens is 2. The summed E-state index contributed by atoms with van der Waals surface area (Å²) >= 11 is 0. The Labute approximate surface area is 82.3 Å². The minimum atomic E-state index is -0.492. The smallest absolute Gasteiger partial charge is 0.330 e. The van der Waals surface area contributed by atoms with Crippen molar-refractivity contribution in [3.05, 3.63) is 22.2 Å². The second-order valence-corrected chi connectivity index (χ2v) is 1.97. The summed E-state index contributed by atoms with van der Waals surface area (Å²) in [6, 6.07) is 0. The average molecular weight is 338 g/mol. The van der Waals surface area contributed by atoms with Crippen molar-refractivity contribution in [3.63, 3.8) is 0 Å². The number of nitrogens with zero attached hydrogens (tertiary/aromatic N) is 1. The maximum Gasteiger partial charge on any atom is 0.330 e. The van der Waals surface area contributed by atoms with Crippen molar-refractivity contribution in [1.29, 1.82) is 0 Å². The van der Waals surface area contributed by atoms with E-state index >= 15 is 0 Å². The van der Waals surface area contributed by atoms with E-state index in [0.717, 1.165) is 0 Å². The van der Waals surface area contributed by atoms with Gasteiger partial charge in [-0.3, -0.25) is 0 Å². The predicted molar refractivity (Wildman–Crippen MR) is 38.9 cm³/mol. The Bertz CT molecular complexity index is 323. The largest absolute Gasteiger partial charge is 0.477 e. The van der Waals surface area contributed by atoms with Gasteiger partial charge in [-0.25, -0.2) is 9.78 Å². The second kappa shape index (κ2) is 4.80. The number of amides is 1. The zero-order chi connectivity index (χ0) is 8.27. The molecule has 12 heavy (non-hydrogen) atoms. The normalized spacial score (nSPS) is 8.42.